The average Bonchev–Trinajstić information content (AvgIpc) is 2.54. The van der Waals surface area contributed by atoms with Crippen LogP contribution in [0.1, 0.15) is 36.7 Å². The van der Waals surface area contributed by atoms with Gasteiger partial charge in [0.15, 0.2) is 0 Å². The van der Waals surface area contributed by atoms with Crippen LogP contribution in [-0.2, 0) is 16.0 Å². The van der Waals surface area contributed by atoms with Gasteiger partial charge in [-0.05, 0) is 38.5 Å². The summed E-state index contributed by atoms with van der Waals surface area (Å²) >= 11 is 0. The van der Waals surface area contributed by atoms with Crippen molar-refractivity contribution in [3.8, 4) is 0 Å². The number of esters is 1. The second-order valence-corrected chi connectivity index (χ2v) is 6.62. The summed E-state index contributed by atoms with van der Waals surface area (Å²) in [5, 5.41) is 2.79. The molecule has 0 aliphatic carbocycles. The van der Waals surface area contributed by atoms with E-state index >= 15 is 0 Å². The minimum Gasteiger partial charge on any atom is -0.458 e. The maximum absolute atomic E-state index is 12.5. The van der Waals surface area contributed by atoms with Gasteiger partial charge in [0.25, 0.3) is 5.91 Å². The minimum absolute atomic E-state index is 0.289. The lowest BCUT2D eigenvalue weighted by Crippen LogP contribution is -2.45. The summed E-state index contributed by atoms with van der Waals surface area (Å²) < 4.78 is 5.46. The Morgan fingerprint density at radius 3 is 2.04 bits per heavy atom. The normalized spacial score (nSPS) is 12.3. The Morgan fingerprint density at radius 2 is 1.50 bits per heavy atom. The lowest BCUT2D eigenvalue weighted by molar-refractivity contribution is -0.157. The molecule has 4 heteroatoms. The molecule has 2 aromatic rings. The number of hydrogen-bond acceptors (Lipinski definition) is 3. The van der Waals surface area contributed by atoms with E-state index < -0.39 is 17.6 Å². The molecule has 1 N–H and O–H groups in total. The maximum atomic E-state index is 12.5. The summed E-state index contributed by atoms with van der Waals surface area (Å²) in [4.78, 5) is 24.9. The van der Waals surface area contributed by atoms with Gasteiger partial charge in [0.1, 0.15) is 11.6 Å². The topological polar surface area (TPSA) is 55.4 Å². The highest BCUT2D eigenvalue weighted by atomic mass is 16.6. The molecule has 0 radical (unpaired) electrons. The Kier molecular flexibility index (Phi) is 5.74. The largest absolute Gasteiger partial charge is 0.458 e. The van der Waals surface area contributed by atoms with Gasteiger partial charge in [0, 0.05) is 12.0 Å². The smallest absolute Gasteiger partial charge is 0.329 e. The summed E-state index contributed by atoms with van der Waals surface area (Å²) in [6.07, 6.45) is 0.383. The molecule has 24 heavy (non-hydrogen) atoms. The molecule has 0 saturated carbocycles. The van der Waals surface area contributed by atoms with E-state index in [1.807, 2.05) is 57.2 Å². The standard InChI is InChI=1S/C20H23NO3/c1-20(2,3)24-19(23)17(14-15-10-6-4-7-11-15)21-18(22)16-12-8-5-9-13-16/h4-13,17H,14H2,1-3H3,(H,21,22). The van der Waals surface area contributed by atoms with Gasteiger partial charge >= 0.3 is 5.97 Å². The van der Waals surface area contributed by atoms with Gasteiger partial charge in [-0.25, -0.2) is 4.79 Å². The van der Waals surface area contributed by atoms with Crippen LogP contribution in [-0.4, -0.2) is 23.5 Å². The first-order valence-electron chi connectivity index (χ1n) is 7.98. The van der Waals surface area contributed by atoms with Gasteiger partial charge < -0.3 is 10.1 Å². The van der Waals surface area contributed by atoms with Crippen molar-refractivity contribution in [2.45, 2.75) is 38.8 Å². The molecule has 1 unspecified atom stereocenters. The van der Waals surface area contributed by atoms with Crippen LogP contribution in [0.2, 0.25) is 0 Å². The Balaban J connectivity index is 2.15. The van der Waals surface area contributed by atoms with E-state index in [9.17, 15) is 9.59 Å². The first kappa shape index (κ1) is 17.7. The molecule has 0 aliphatic rings. The number of hydrogen-bond donors (Lipinski definition) is 1. The molecule has 0 bridgehead atoms. The van der Waals surface area contributed by atoms with Gasteiger partial charge in [-0.1, -0.05) is 48.5 Å². The van der Waals surface area contributed by atoms with E-state index in [2.05, 4.69) is 5.32 Å². The quantitative estimate of drug-likeness (QED) is 0.858. The van der Waals surface area contributed by atoms with Crippen molar-refractivity contribution in [1.82, 2.24) is 5.32 Å². The fourth-order valence-corrected chi connectivity index (χ4v) is 2.25. The zero-order chi connectivity index (χ0) is 17.6. The third-order valence-electron chi connectivity index (χ3n) is 3.32. The predicted molar refractivity (Wildman–Crippen MR) is 93.7 cm³/mol. The number of rotatable bonds is 5. The second kappa shape index (κ2) is 7.77. The molecule has 1 amide bonds. The van der Waals surface area contributed by atoms with Crippen molar-refractivity contribution < 1.29 is 14.3 Å². The zero-order valence-corrected chi connectivity index (χ0v) is 14.3. The highest BCUT2D eigenvalue weighted by molar-refractivity contribution is 5.96. The number of carbonyl (C=O) groups is 2. The van der Waals surface area contributed by atoms with E-state index in [-0.39, 0.29) is 5.91 Å². The first-order valence-corrected chi connectivity index (χ1v) is 7.98. The van der Waals surface area contributed by atoms with Crippen molar-refractivity contribution in [3.63, 3.8) is 0 Å². The van der Waals surface area contributed by atoms with Crippen LogP contribution in [0, 0.1) is 0 Å². The average molecular weight is 325 g/mol. The Labute approximate surface area is 142 Å². The lowest BCUT2D eigenvalue weighted by atomic mass is 10.0. The number of ether oxygens (including phenoxy) is 1. The molecule has 4 nitrogen and oxygen atoms in total. The third kappa shape index (κ3) is 5.54. The summed E-state index contributed by atoms with van der Waals surface area (Å²) in [6, 6.07) is 17.7. The van der Waals surface area contributed by atoms with E-state index in [4.69, 9.17) is 4.74 Å². The van der Waals surface area contributed by atoms with Crippen molar-refractivity contribution >= 4 is 11.9 Å². The second-order valence-electron chi connectivity index (χ2n) is 6.62. The molecular formula is C20H23NO3. The van der Waals surface area contributed by atoms with Crippen LogP contribution in [0.15, 0.2) is 60.7 Å². The number of carbonyl (C=O) groups excluding carboxylic acids is 2. The Hall–Kier alpha value is -2.62. The monoisotopic (exact) mass is 325 g/mol. The van der Waals surface area contributed by atoms with E-state index in [1.54, 1.807) is 24.3 Å². The Bertz CT molecular complexity index is 675. The number of benzene rings is 2. The van der Waals surface area contributed by atoms with Gasteiger partial charge in [-0.2, -0.15) is 0 Å². The molecular weight excluding hydrogens is 302 g/mol. The van der Waals surface area contributed by atoms with Crippen molar-refractivity contribution in [2.75, 3.05) is 0 Å². The van der Waals surface area contributed by atoms with Gasteiger partial charge in [-0.15, -0.1) is 0 Å². The van der Waals surface area contributed by atoms with E-state index in [0.717, 1.165) is 5.56 Å². The number of nitrogens with one attached hydrogen (secondary N) is 1. The molecule has 0 spiro atoms. The fourth-order valence-electron chi connectivity index (χ4n) is 2.25. The molecule has 126 valence electrons. The van der Waals surface area contributed by atoms with Crippen LogP contribution in [0.3, 0.4) is 0 Å². The van der Waals surface area contributed by atoms with Crippen LogP contribution in [0.5, 0.6) is 0 Å². The molecule has 0 aliphatic heterocycles. The fraction of sp³-hybridized carbons (Fsp3) is 0.300. The van der Waals surface area contributed by atoms with Crippen molar-refractivity contribution in [3.05, 3.63) is 71.8 Å². The first-order chi connectivity index (χ1) is 11.3. The van der Waals surface area contributed by atoms with Gasteiger partial charge in [0.05, 0.1) is 0 Å². The lowest BCUT2D eigenvalue weighted by Gasteiger charge is -2.24. The summed E-state index contributed by atoms with van der Waals surface area (Å²) in [5.74, 6) is -0.724. The summed E-state index contributed by atoms with van der Waals surface area (Å²) in [7, 11) is 0. The molecule has 2 aromatic carbocycles. The molecule has 1 atom stereocenters. The van der Waals surface area contributed by atoms with E-state index in [1.165, 1.54) is 0 Å². The van der Waals surface area contributed by atoms with Gasteiger partial charge in [-0.3, -0.25) is 4.79 Å². The van der Waals surface area contributed by atoms with Crippen LogP contribution in [0.4, 0.5) is 0 Å². The summed E-state index contributed by atoms with van der Waals surface area (Å²) in [5.41, 5.74) is 0.865. The van der Waals surface area contributed by atoms with Crippen molar-refractivity contribution in [1.29, 1.82) is 0 Å². The maximum Gasteiger partial charge on any atom is 0.329 e. The van der Waals surface area contributed by atoms with Crippen LogP contribution >= 0.6 is 0 Å². The molecule has 0 fully saturated rings. The van der Waals surface area contributed by atoms with Crippen LogP contribution in [0.25, 0.3) is 0 Å². The zero-order valence-electron chi connectivity index (χ0n) is 14.3. The molecule has 2 rings (SSSR count). The molecule has 0 heterocycles. The summed E-state index contributed by atoms with van der Waals surface area (Å²) in [6.45, 7) is 5.43. The minimum atomic E-state index is -0.737. The van der Waals surface area contributed by atoms with Crippen LogP contribution < -0.4 is 5.32 Å². The SMILES string of the molecule is CC(C)(C)OC(=O)C(Cc1ccccc1)NC(=O)c1ccccc1. The third-order valence-corrected chi connectivity index (χ3v) is 3.32. The van der Waals surface area contributed by atoms with E-state index in [0.29, 0.717) is 12.0 Å². The van der Waals surface area contributed by atoms with Gasteiger partial charge in [0.2, 0.25) is 0 Å². The molecule has 0 aromatic heterocycles. The highest BCUT2D eigenvalue weighted by Crippen LogP contribution is 2.12. The predicted octanol–water partition coefficient (Wildman–Crippen LogP) is 3.37. The molecule has 0 saturated heterocycles. The highest BCUT2D eigenvalue weighted by Gasteiger charge is 2.27. The van der Waals surface area contributed by atoms with Crippen molar-refractivity contribution in [2.24, 2.45) is 0 Å². The number of amides is 1. The Morgan fingerprint density at radius 1 is 0.958 bits per heavy atom.